The van der Waals surface area contributed by atoms with Crippen molar-refractivity contribution >= 4 is 23.0 Å². The number of piperidine rings is 1. The van der Waals surface area contributed by atoms with Crippen LogP contribution in [-0.4, -0.2) is 57.4 Å². The van der Waals surface area contributed by atoms with Crippen molar-refractivity contribution in [2.45, 2.75) is 38.0 Å². The molecule has 1 saturated heterocycles. The van der Waals surface area contributed by atoms with Gasteiger partial charge in [-0.15, -0.1) is 0 Å². The number of esters is 1. The van der Waals surface area contributed by atoms with Crippen molar-refractivity contribution in [3.05, 3.63) is 66.0 Å². The summed E-state index contributed by atoms with van der Waals surface area (Å²) < 4.78 is 53.2. The minimum absolute atomic E-state index is 0.00906. The lowest BCUT2D eigenvalue weighted by Gasteiger charge is -2.36. The van der Waals surface area contributed by atoms with E-state index in [0.717, 1.165) is 12.8 Å². The van der Waals surface area contributed by atoms with Gasteiger partial charge in [-0.25, -0.2) is 19.3 Å². The van der Waals surface area contributed by atoms with Crippen LogP contribution in [0.2, 0.25) is 0 Å². The van der Waals surface area contributed by atoms with E-state index in [9.17, 15) is 18.7 Å². The fourth-order valence-electron chi connectivity index (χ4n) is 7.10. The number of benzene rings is 2. The number of imidazole rings is 1. The molecule has 2 bridgehead atoms. The number of para-hydroxylation sites is 1. The lowest BCUT2D eigenvalue weighted by Crippen LogP contribution is -2.45. The second kappa shape index (κ2) is 10.3. The predicted octanol–water partition coefficient (Wildman–Crippen LogP) is 4.90. The fourth-order valence-corrected chi connectivity index (χ4v) is 7.10. The van der Waals surface area contributed by atoms with E-state index in [1.54, 1.807) is 41.2 Å². The Labute approximate surface area is 238 Å². The van der Waals surface area contributed by atoms with Gasteiger partial charge in [0, 0.05) is 54.7 Å². The number of hydrogen-bond acceptors (Lipinski definition) is 8. The summed E-state index contributed by atoms with van der Waals surface area (Å²) in [6.45, 7) is -1.70. The Morgan fingerprint density at radius 2 is 1.81 bits per heavy atom. The maximum Gasteiger partial charge on any atom is 0.387 e. The Bertz CT molecular complexity index is 1650. The molecule has 0 radical (unpaired) electrons. The number of fused-ring (bicyclic) bond motifs is 5. The minimum atomic E-state index is -3.01. The van der Waals surface area contributed by atoms with Crippen molar-refractivity contribution in [2.75, 3.05) is 25.1 Å². The van der Waals surface area contributed by atoms with E-state index in [2.05, 4.69) is 19.9 Å². The molecule has 9 nitrogen and oxygen atoms in total. The van der Waals surface area contributed by atoms with Crippen LogP contribution in [-0.2, 0) is 9.53 Å². The van der Waals surface area contributed by atoms with Crippen LogP contribution in [0.4, 0.5) is 19.1 Å². The maximum atomic E-state index is 15.4. The number of hydrogen-bond donors (Lipinski definition) is 1. The fraction of sp³-hybridized carbons (Fsp3) is 0.400. The largest absolute Gasteiger partial charge is 0.469 e. The standard InChI is InChI=1S/C30H28F3N5O4/c1-41-28(40)26-15-6-7-16(26)14-37(13-15)30-34-11-17(12-35-30)19-8-23-21(9-20(19)31)36-27-24(39)10-22(38(23)27)18-4-2-3-5-25(18)42-29(32)33/h2-5,8-9,11-12,15-16,22,24,26,29,39H,6-7,10,13-14H2,1H3. The van der Waals surface area contributed by atoms with Gasteiger partial charge in [0.1, 0.15) is 23.5 Å². The SMILES string of the molecule is COC(=O)C1C2CCC1CN(c1ncc(-c3cc4c(cc3F)nc3n4C(c4ccccc4OC(F)F)CC3O)cn1)C2. The van der Waals surface area contributed by atoms with Crippen LogP contribution in [0.25, 0.3) is 22.2 Å². The second-order valence-electron chi connectivity index (χ2n) is 11.2. The first-order valence-corrected chi connectivity index (χ1v) is 13.9. The molecule has 218 valence electrons. The molecule has 2 aromatic carbocycles. The zero-order chi connectivity index (χ0) is 29.1. The van der Waals surface area contributed by atoms with Gasteiger partial charge in [-0.05, 0) is 36.8 Å². The Balaban J connectivity index is 1.21. The minimum Gasteiger partial charge on any atom is -0.469 e. The summed E-state index contributed by atoms with van der Waals surface area (Å²) in [4.78, 5) is 27.9. The highest BCUT2D eigenvalue weighted by atomic mass is 19.3. The van der Waals surface area contributed by atoms with Gasteiger partial charge in [0.25, 0.3) is 0 Å². The van der Waals surface area contributed by atoms with Gasteiger partial charge < -0.3 is 24.0 Å². The monoisotopic (exact) mass is 579 g/mol. The third kappa shape index (κ3) is 4.36. The van der Waals surface area contributed by atoms with Crippen LogP contribution in [0, 0.1) is 23.6 Å². The molecule has 12 heteroatoms. The van der Waals surface area contributed by atoms with Gasteiger partial charge in [0.15, 0.2) is 0 Å². The first kappa shape index (κ1) is 26.7. The van der Waals surface area contributed by atoms with E-state index in [0.29, 0.717) is 47.0 Å². The number of halogens is 3. The average molecular weight is 580 g/mol. The van der Waals surface area contributed by atoms with Crippen molar-refractivity contribution in [1.29, 1.82) is 0 Å². The molecule has 3 aliphatic rings. The zero-order valence-corrected chi connectivity index (χ0v) is 22.7. The molecule has 2 aromatic heterocycles. The van der Waals surface area contributed by atoms with Crippen LogP contribution in [0.15, 0.2) is 48.8 Å². The number of alkyl halides is 2. The van der Waals surface area contributed by atoms with Gasteiger partial charge in [0.05, 0.1) is 30.1 Å². The molecule has 0 spiro atoms. The average Bonchev–Trinajstić information content (AvgIpc) is 3.60. The van der Waals surface area contributed by atoms with Gasteiger partial charge >= 0.3 is 12.6 Å². The van der Waals surface area contributed by atoms with Crippen LogP contribution < -0.4 is 9.64 Å². The molecule has 42 heavy (non-hydrogen) atoms. The normalized spacial score (nSPS) is 24.8. The Morgan fingerprint density at radius 3 is 2.50 bits per heavy atom. The van der Waals surface area contributed by atoms with Gasteiger partial charge in [-0.1, -0.05) is 18.2 Å². The summed E-state index contributed by atoms with van der Waals surface area (Å²) in [5.74, 6) is 0.440. The van der Waals surface area contributed by atoms with Crippen LogP contribution in [0.5, 0.6) is 5.75 Å². The first-order valence-electron chi connectivity index (χ1n) is 13.9. The lowest BCUT2D eigenvalue weighted by atomic mass is 9.85. The molecule has 4 unspecified atom stereocenters. The molecular formula is C30H28F3N5O4. The summed E-state index contributed by atoms with van der Waals surface area (Å²) in [5.41, 5.74) is 2.05. The zero-order valence-electron chi connectivity index (χ0n) is 22.7. The maximum absolute atomic E-state index is 15.4. The number of aliphatic hydroxyl groups excluding tert-OH is 1. The highest BCUT2D eigenvalue weighted by Crippen LogP contribution is 2.45. The van der Waals surface area contributed by atoms with E-state index < -0.39 is 24.6 Å². The summed E-state index contributed by atoms with van der Waals surface area (Å²) >= 11 is 0. The van der Waals surface area contributed by atoms with Gasteiger partial charge in [-0.3, -0.25) is 4.79 Å². The molecule has 7 rings (SSSR count). The van der Waals surface area contributed by atoms with Gasteiger partial charge in [0.2, 0.25) is 5.95 Å². The summed E-state index contributed by atoms with van der Waals surface area (Å²) in [5, 5.41) is 10.8. The number of rotatable bonds is 6. The molecule has 4 atom stereocenters. The number of ether oxygens (including phenoxy) is 2. The van der Waals surface area contributed by atoms with E-state index in [1.807, 2.05) is 0 Å². The Kier molecular flexibility index (Phi) is 6.52. The predicted molar refractivity (Wildman–Crippen MR) is 145 cm³/mol. The topological polar surface area (TPSA) is 103 Å². The van der Waals surface area contributed by atoms with E-state index in [4.69, 9.17) is 9.47 Å². The smallest absolute Gasteiger partial charge is 0.387 e. The molecule has 0 amide bonds. The molecule has 1 saturated carbocycles. The molecule has 4 heterocycles. The number of aliphatic hydroxyl groups is 1. The third-order valence-electron chi connectivity index (χ3n) is 8.90. The number of nitrogens with zero attached hydrogens (tertiary/aromatic N) is 5. The van der Waals surface area contributed by atoms with Crippen molar-refractivity contribution < 1.29 is 32.5 Å². The third-order valence-corrected chi connectivity index (χ3v) is 8.90. The van der Waals surface area contributed by atoms with Gasteiger partial charge in [-0.2, -0.15) is 8.78 Å². The summed E-state index contributed by atoms with van der Waals surface area (Å²) in [7, 11) is 1.42. The number of carbonyl (C=O) groups is 1. The van der Waals surface area contributed by atoms with Crippen molar-refractivity contribution in [3.8, 4) is 16.9 Å². The quantitative estimate of drug-likeness (QED) is 0.322. The van der Waals surface area contributed by atoms with Crippen molar-refractivity contribution in [3.63, 3.8) is 0 Å². The Morgan fingerprint density at radius 1 is 1.10 bits per heavy atom. The first-order chi connectivity index (χ1) is 20.3. The molecule has 1 aliphatic carbocycles. The highest BCUT2D eigenvalue weighted by molar-refractivity contribution is 5.83. The summed E-state index contributed by atoms with van der Waals surface area (Å²) in [6, 6.07) is 8.82. The molecule has 2 aliphatic heterocycles. The summed E-state index contributed by atoms with van der Waals surface area (Å²) in [6.07, 6.45) is 4.29. The molecule has 1 N–H and O–H groups in total. The second-order valence-corrected chi connectivity index (χ2v) is 11.2. The van der Waals surface area contributed by atoms with Crippen molar-refractivity contribution in [2.24, 2.45) is 17.8 Å². The van der Waals surface area contributed by atoms with E-state index in [1.165, 1.54) is 19.2 Å². The Hall–Kier alpha value is -4.19. The lowest BCUT2D eigenvalue weighted by molar-refractivity contribution is -0.148. The van der Waals surface area contributed by atoms with E-state index in [-0.39, 0.29) is 41.5 Å². The van der Waals surface area contributed by atoms with Crippen LogP contribution in [0.3, 0.4) is 0 Å². The molecule has 2 fully saturated rings. The number of aromatic nitrogens is 4. The molecular weight excluding hydrogens is 551 g/mol. The molecule has 4 aromatic rings. The number of carbonyl (C=O) groups excluding carboxylic acids is 1. The number of methoxy groups -OCH3 is 1. The van der Waals surface area contributed by atoms with Crippen molar-refractivity contribution in [1.82, 2.24) is 19.5 Å². The number of anilines is 1. The van der Waals surface area contributed by atoms with Crippen LogP contribution >= 0.6 is 0 Å². The highest BCUT2D eigenvalue weighted by Gasteiger charge is 2.47. The van der Waals surface area contributed by atoms with E-state index >= 15 is 4.39 Å². The van der Waals surface area contributed by atoms with Crippen LogP contribution in [0.1, 0.15) is 42.8 Å².